The summed E-state index contributed by atoms with van der Waals surface area (Å²) in [5.41, 5.74) is 0.786. The molecule has 1 heterocycles. The number of hydrogen-bond donors (Lipinski definition) is 2. The molecule has 0 saturated heterocycles. The number of aromatic nitrogens is 2. The van der Waals surface area contributed by atoms with Gasteiger partial charge in [0.2, 0.25) is 5.88 Å². The van der Waals surface area contributed by atoms with Gasteiger partial charge in [0.1, 0.15) is 18.9 Å². The van der Waals surface area contributed by atoms with Crippen molar-refractivity contribution >= 4 is 29.0 Å². The van der Waals surface area contributed by atoms with E-state index in [9.17, 15) is 5.11 Å². The van der Waals surface area contributed by atoms with Crippen LogP contribution in [0.3, 0.4) is 0 Å². The van der Waals surface area contributed by atoms with E-state index in [0.717, 1.165) is 17.4 Å². The SMILES string of the molecule is OC(CNc1ccccc1Cl)COc1cnsn1. The van der Waals surface area contributed by atoms with Gasteiger partial charge >= 0.3 is 0 Å². The summed E-state index contributed by atoms with van der Waals surface area (Å²) in [5, 5.41) is 13.4. The van der Waals surface area contributed by atoms with Crippen LogP contribution in [0.2, 0.25) is 5.02 Å². The summed E-state index contributed by atoms with van der Waals surface area (Å²) < 4.78 is 12.9. The minimum absolute atomic E-state index is 0.156. The van der Waals surface area contributed by atoms with Crippen LogP contribution in [0, 0.1) is 0 Å². The topological polar surface area (TPSA) is 67.3 Å². The van der Waals surface area contributed by atoms with Crippen molar-refractivity contribution < 1.29 is 9.84 Å². The molecule has 0 fully saturated rings. The fraction of sp³-hybridized carbons (Fsp3) is 0.273. The first-order valence-electron chi connectivity index (χ1n) is 5.32. The number of nitrogens with one attached hydrogen (secondary N) is 1. The van der Waals surface area contributed by atoms with E-state index in [-0.39, 0.29) is 6.61 Å². The van der Waals surface area contributed by atoms with Crippen LogP contribution in [0.1, 0.15) is 0 Å². The van der Waals surface area contributed by atoms with Crippen molar-refractivity contribution in [3.8, 4) is 5.88 Å². The number of halogens is 1. The Hall–Kier alpha value is -1.37. The number of aliphatic hydroxyl groups excluding tert-OH is 1. The fourth-order valence-corrected chi connectivity index (χ4v) is 1.86. The number of rotatable bonds is 6. The molecule has 2 rings (SSSR count). The average molecular weight is 286 g/mol. The molecule has 5 nitrogen and oxygen atoms in total. The van der Waals surface area contributed by atoms with Gasteiger partial charge in [0.15, 0.2) is 0 Å². The first-order valence-corrected chi connectivity index (χ1v) is 6.43. The highest BCUT2D eigenvalue weighted by molar-refractivity contribution is 6.99. The Morgan fingerprint density at radius 3 is 3.00 bits per heavy atom. The predicted octanol–water partition coefficient (Wildman–Crippen LogP) is 2.04. The molecule has 0 saturated carbocycles. The third-order valence-electron chi connectivity index (χ3n) is 2.17. The van der Waals surface area contributed by atoms with Crippen LogP contribution in [0.5, 0.6) is 5.88 Å². The zero-order valence-corrected chi connectivity index (χ0v) is 11.0. The van der Waals surface area contributed by atoms with Gasteiger partial charge in [-0.15, -0.1) is 4.37 Å². The lowest BCUT2D eigenvalue weighted by Gasteiger charge is -2.13. The van der Waals surface area contributed by atoms with Gasteiger partial charge < -0.3 is 15.2 Å². The molecule has 2 aromatic rings. The molecule has 0 amide bonds. The molecule has 0 spiro atoms. The van der Waals surface area contributed by atoms with E-state index in [1.807, 2.05) is 18.2 Å². The minimum atomic E-state index is -0.650. The van der Waals surface area contributed by atoms with Crippen LogP contribution in [0.25, 0.3) is 0 Å². The highest BCUT2D eigenvalue weighted by atomic mass is 35.5. The highest BCUT2D eigenvalue weighted by Crippen LogP contribution is 2.20. The van der Waals surface area contributed by atoms with Gasteiger partial charge in [0, 0.05) is 6.54 Å². The number of para-hydroxylation sites is 1. The molecule has 2 N–H and O–H groups in total. The van der Waals surface area contributed by atoms with Gasteiger partial charge in [-0.25, -0.2) is 0 Å². The molecule has 18 heavy (non-hydrogen) atoms. The maximum absolute atomic E-state index is 9.72. The van der Waals surface area contributed by atoms with Gasteiger partial charge in [-0.2, -0.15) is 4.37 Å². The van der Waals surface area contributed by atoms with Crippen LogP contribution in [-0.2, 0) is 0 Å². The van der Waals surface area contributed by atoms with Crippen LogP contribution >= 0.6 is 23.3 Å². The zero-order chi connectivity index (χ0) is 12.8. The number of ether oxygens (including phenoxy) is 1. The summed E-state index contributed by atoms with van der Waals surface area (Å²) in [6.07, 6.45) is 0.863. The lowest BCUT2D eigenvalue weighted by molar-refractivity contribution is 0.115. The fourth-order valence-electron chi connectivity index (χ4n) is 1.29. The molecule has 7 heteroatoms. The van der Waals surface area contributed by atoms with E-state index in [0.29, 0.717) is 17.4 Å². The largest absolute Gasteiger partial charge is 0.473 e. The van der Waals surface area contributed by atoms with Gasteiger partial charge in [-0.05, 0) is 12.1 Å². The third-order valence-corrected chi connectivity index (χ3v) is 2.96. The van der Waals surface area contributed by atoms with Crippen molar-refractivity contribution in [2.45, 2.75) is 6.10 Å². The number of nitrogens with zero attached hydrogens (tertiary/aromatic N) is 2. The predicted molar refractivity (Wildman–Crippen MR) is 71.4 cm³/mol. The van der Waals surface area contributed by atoms with Crippen LogP contribution in [0.15, 0.2) is 30.5 Å². The van der Waals surface area contributed by atoms with Gasteiger partial charge in [-0.3, -0.25) is 0 Å². The maximum atomic E-state index is 9.72. The molecule has 0 bridgehead atoms. The summed E-state index contributed by atoms with van der Waals surface area (Å²) in [6, 6.07) is 7.36. The van der Waals surface area contributed by atoms with Gasteiger partial charge in [-0.1, -0.05) is 23.7 Å². The molecule has 0 aliphatic heterocycles. The Kier molecular flexibility index (Phi) is 4.74. The van der Waals surface area contributed by atoms with E-state index in [1.54, 1.807) is 6.07 Å². The average Bonchev–Trinajstić information content (AvgIpc) is 2.88. The molecule has 0 aliphatic carbocycles. The van der Waals surface area contributed by atoms with E-state index < -0.39 is 6.10 Å². The number of hydrogen-bond acceptors (Lipinski definition) is 6. The lowest BCUT2D eigenvalue weighted by atomic mass is 10.3. The maximum Gasteiger partial charge on any atom is 0.245 e. The molecule has 0 radical (unpaired) electrons. The summed E-state index contributed by atoms with van der Waals surface area (Å²) in [4.78, 5) is 0. The second kappa shape index (κ2) is 6.53. The van der Waals surface area contributed by atoms with Crippen LogP contribution in [-0.4, -0.2) is 33.1 Å². The summed E-state index contributed by atoms with van der Waals surface area (Å²) in [5.74, 6) is 0.428. The monoisotopic (exact) mass is 285 g/mol. The van der Waals surface area contributed by atoms with Crippen LogP contribution < -0.4 is 10.1 Å². The number of aliphatic hydroxyl groups is 1. The molecule has 96 valence electrons. The van der Waals surface area contributed by atoms with Crippen molar-refractivity contribution in [1.29, 1.82) is 0 Å². The highest BCUT2D eigenvalue weighted by Gasteiger charge is 2.07. The van der Waals surface area contributed by atoms with Crippen molar-refractivity contribution in [2.24, 2.45) is 0 Å². The summed E-state index contributed by atoms with van der Waals surface area (Å²) in [6.45, 7) is 0.504. The van der Waals surface area contributed by atoms with Crippen LogP contribution in [0.4, 0.5) is 5.69 Å². The minimum Gasteiger partial charge on any atom is -0.473 e. The quantitative estimate of drug-likeness (QED) is 0.850. The van der Waals surface area contributed by atoms with E-state index in [4.69, 9.17) is 16.3 Å². The van der Waals surface area contributed by atoms with Crippen molar-refractivity contribution in [3.05, 3.63) is 35.5 Å². The van der Waals surface area contributed by atoms with E-state index in [1.165, 1.54) is 6.20 Å². The third kappa shape index (κ3) is 3.83. The molecule has 1 unspecified atom stereocenters. The Labute approximate surface area is 114 Å². The second-order valence-electron chi connectivity index (χ2n) is 3.57. The molecule has 1 atom stereocenters. The first kappa shape index (κ1) is 13.1. The Balaban J connectivity index is 1.75. The molecular weight excluding hydrogens is 274 g/mol. The molecule has 1 aromatic heterocycles. The smallest absolute Gasteiger partial charge is 0.245 e. The summed E-state index contributed by atoms with van der Waals surface area (Å²) in [7, 11) is 0. The van der Waals surface area contributed by atoms with Gasteiger partial charge in [0.25, 0.3) is 0 Å². The Morgan fingerprint density at radius 2 is 2.28 bits per heavy atom. The molecule has 0 aliphatic rings. The van der Waals surface area contributed by atoms with E-state index in [2.05, 4.69) is 14.1 Å². The normalized spacial score (nSPS) is 12.1. The first-order chi connectivity index (χ1) is 8.75. The lowest BCUT2D eigenvalue weighted by Crippen LogP contribution is -2.26. The zero-order valence-electron chi connectivity index (χ0n) is 9.41. The molecule has 1 aromatic carbocycles. The summed E-state index contributed by atoms with van der Waals surface area (Å²) >= 11 is 7.04. The van der Waals surface area contributed by atoms with Crippen molar-refractivity contribution in [3.63, 3.8) is 0 Å². The molecular formula is C11H12ClN3O2S. The Morgan fingerprint density at radius 1 is 1.44 bits per heavy atom. The Bertz CT molecular complexity index is 481. The second-order valence-corrected chi connectivity index (χ2v) is 4.54. The number of benzene rings is 1. The van der Waals surface area contributed by atoms with Crippen molar-refractivity contribution in [1.82, 2.24) is 8.75 Å². The standard InChI is InChI=1S/C11H12ClN3O2S/c12-9-3-1-2-4-10(9)13-5-8(16)7-17-11-6-14-18-15-11/h1-4,6,8,13,16H,5,7H2. The van der Waals surface area contributed by atoms with Gasteiger partial charge in [0.05, 0.1) is 22.4 Å². The number of anilines is 1. The van der Waals surface area contributed by atoms with Crippen molar-refractivity contribution in [2.75, 3.05) is 18.5 Å². The van der Waals surface area contributed by atoms with E-state index >= 15 is 0 Å².